The molecule has 0 aliphatic heterocycles. The lowest BCUT2D eigenvalue weighted by atomic mass is 10.2. The summed E-state index contributed by atoms with van der Waals surface area (Å²) in [6, 6.07) is 8.46. The zero-order chi connectivity index (χ0) is 13.1. The van der Waals surface area contributed by atoms with Gasteiger partial charge in [-0.3, -0.25) is 0 Å². The summed E-state index contributed by atoms with van der Waals surface area (Å²) < 4.78 is 26.3. The Hall–Kier alpha value is -1.10. The lowest BCUT2D eigenvalue weighted by Gasteiger charge is -2.09. The van der Waals surface area contributed by atoms with E-state index in [0.29, 0.717) is 15.5 Å². The first-order valence-corrected chi connectivity index (χ1v) is 6.32. The van der Waals surface area contributed by atoms with Gasteiger partial charge in [-0.15, -0.1) is 0 Å². The van der Waals surface area contributed by atoms with Gasteiger partial charge in [0.2, 0.25) is 0 Å². The maximum absolute atomic E-state index is 13.5. The second-order valence-corrected chi connectivity index (χ2v) is 5.04. The van der Waals surface area contributed by atoms with Crippen molar-refractivity contribution in [1.82, 2.24) is 0 Å². The minimum Gasteiger partial charge on any atom is -0.392 e. The van der Waals surface area contributed by atoms with Gasteiger partial charge in [0.25, 0.3) is 0 Å². The van der Waals surface area contributed by atoms with Gasteiger partial charge in [-0.1, -0.05) is 29.4 Å². The van der Waals surface area contributed by atoms with Crippen LogP contribution in [0.15, 0.2) is 46.2 Å². The van der Waals surface area contributed by atoms with E-state index in [2.05, 4.69) is 0 Å². The van der Waals surface area contributed by atoms with Gasteiger partial charge in [0.1, 0.15) is 11.6 Å². The molecule has 0 atom stereocenters. The monoisotopic (exact) mass is 286 g/mol. The van der Waals surface area contributed by atoms with E-state index in [1.54, 1.807) is 18.2 Å². The first kappa shape index (κ1) is 13.3. The Kier molecular flexibility index (Phi) is 4.22. The standard InChI is InChI=1S/C13H9ClF2OS/c14-10-2-1-3-12(9(10)7-17)18-13-5-4-8(15)6-11(13)16/h1-6,17H,7H2. The summed E-state index contributed by atoms with van der Waals surface area (Å²) in [4.78, 5) is 0.934. The van der Waals surface area contributed by atoms with Crippen molar-refractivity contribution >= 4 is 23.4 Å². The highest BCUT2D eigenvalue weighted by molar-refractivity contribution is 7.99. The predicted octanol–water partition coefficient (Wildman–Crippen LogP) is 4.26. The second kappa shape index (κ2) is 5.69. The van der Waals surface area contributed by atoms with Crippen LogP contribution < -0.4 is 0 Å². The van der Waals surface area contributed by atoms with E-state index in [0.717, 1.165) is 17.8 Å². The first-order chi connectivity index (χ1) is 8.61. The van der Waals surface area contributed by atoms with E-state index < -0.39 is 11.6 Å². The van der Waals surface area contributed by atoms with Crippen LogP contribution >= 0.6 is 23.4 Å². The highest BCUT2D eigenvalue weighted by Gasteiger charge is 2.10. The molecule has 18 heavy (non-hydrogen) atoms. The Bertz CT molecular complexity index is 575. The van der Waals surface area contributed by atoms with Gasteiger partial charge >= 0.3 is 0 Å². The van der Waals surface area contributed by atoms with Crippen LogP contribution in [0, 0.1) is 11.6 Å². The zero-order valence-corrected chi connectivity index (χ0v) is 10.7. The van der Waals surface area contributed by atoms with E-state index in [1.165, 1.54) is 12.1 Å². The molecule has 0 bridgehead atoms. The van der Waals surface area contributed by atoms with Crippen LogP contribution in [0.25, 0.3) is 0 Å². The summed E-state index contributed by atoms with van der Waals surface area (Å²) in [6.07, 6.45) is 0. The summed E-state index contributed by atoms with van der Waals surface area (Å²) in [5.74, 6) is -1.26. The van der Waals surface area contributed by atoms with Crippen molar-refractivity contribution in [2.75, 3.05) is 0 Å². The molecule has 94 valence electrons. The Morgan fingerprint density at radius 1 is 1.11 bits per heavy atom. The summed E-state index contributed by atoms with van der Waals surface area (Å²) in [5, 5.41) is 9.66. The molecule has 1 nitrogen and oxygen atoms in total. The molecule has 0 fully saturated rings. The van der Waals surface area contributed by atoms with Crippen molar-refractivity contribution in [3.05, 3.63) is 58.6 Å². The lowest BCUT2D eigenvalue weighted by molar-refractivity contribution is 0.279. The Morgan fingerprint density at radius 2 is 1.89 bits per heavy atom. The molecule has 2 aromatic rings. The first-order valence-electron chi connectivity index (χ1n) is 5.13. The van der Waals surface area contributed by atoms with E-state index in [-0.39, 0.29) is 11.5 Å². The van der Waals surface area contributed by atoms with Gasteiger partial charge in [-0.2, -0.15) is 0 Å². The molecule has 0 spiro atoms. The van der Waals surface area contributed by atoms with Gasteiger partial charge in [-0.05, 0) is 24.3 Å². The maximum atomic E-state index is 13.5. The minimum atomic E-state index is -0.635. The van der Waals surface area contributed by atoms with Crippen molar-refractivity contribution in [3.8, 4) is 0 Å². The molecule has 0 heterocycles. The van der Waals surface area contributed by atoms with Crippen molar-refractivity contribution in [2.45, 2.75) is 16.4 Å². The molecular formula is C13H9ClF2OS. The average molecular weight is 287 g/mol. The topological polar surface area (TPSA) is 20.2 Å². The summed E-state index contributed by atoms with van der Waals surface area (Å²) in [7, 11) is 0. The van der Waals surface area contributed by atoms with Gasteiger partial charge in [0.15, 0.2) is 0 Å². The molecule has 1 N–H and O–H groups in total. The molecule has 0 amide bonds. The van der Waals surface area contributed by atoms with E-state index in [4.69, 9.17) is 11.6 Å². The number of hydrogen-bond acceptors (Lipinski definition) is 2. The van der Waals surface area contributed by atoms with Crippen LogP contribution in [0.1, 0.15) is 5.56 Å². The normalized spacial score (nSPS) is 10.7. The fourth-order valence-corrected chi connectivity index (χ4v) is 2.73. The minimum absolute atomic E-state index is 0.231. The SMILES string of the molecule is OCc1c(Cl)cccc1Sc1ccc(F)cc1F. The van der Waals surface area contributed by atoms with Crippen molar-refractivity contribution in [1.29, 1.82) is 0 Å². The van der Waals surface area contributed by atoms with Gasteiger partial charge < -0.3 is 5.11 Å². The molecule has 5 heteroatoms. The van der Waals surface area contributed by atoms with Crippen LogP contribution in [0.4, 0.5) is 8.78 Å². The van der Waals surface area contributed by atoms with Crippen LogP contribution in [0.5, 0.6) is 0 Å². The van der Waals surface area contributed by atoms with Crippen LogP contribution in [0.3, 0.4) is 0 Å². The largest absolute Gasteiger partial charge is 0.392 e. The molecule has 2 rings (SSSR count). The lowest BCUT2D eigenvalue weighted by Crippen LogP contribution is -1.90. The smallest absolute Gasteiger partial charge is 0.140 e. The van der Waals surface area contributed by atoms with E-state index in [9.17, 15) is 13.9 Å². The highest BCUT2D eigenvalue weighted by Crippen LogP contribution is 2.35. The summed E-state index contributed by atoms with van der Waals surface area (Å²) in [6.45, 7) is -0.231. The average Bonchev–Trinajstić information content (AvgIpc) is 2.33. The Balaban J connectivity index is 2.37. The third-order valence-electron chi connectivity index (χ3n) is 2.35. The van der Waals surface area contributed by atoms with Crippen molar-refractivity contribution in [2.24, 2.45) is 0 Å². The summed E-state index contributed by atoms with van der Waals surface area (Å²) >= 11 is 7.04. The molecule has 0 saturated carbocycles. The molecular weight excluding hydrogens is 278 g/mol. The van der Waals surface area contributed by atoms with E-state index in [1.807, 2.05) is 0 Å². The third kappa shape index (κ3) is 2.83. The highest BCUT2D eigenvalue weighted by atomic mass is 35.5. The van der Waals surface area contributed by atoms with Crippen LogP contribution in [0.2, 0.25) is 5.02 Å². The van der Waals surface area contributed by atoms with E-state index >= 15 is 0 Å². The fourth-order valence-electron chi connectivity index (χ4n) is 1.46. The molecule has 0 unspecified atom stereocenters. The van der Waals surface area contributed by atoms with Gasteiger partial charge in [0, 0.05) is 26.4 Å². The summed E-state index contributed by atoms with van der Waals surface area (Å²) in [5.41, 5.74) is 0.535. The quantitative estimate of drug-likeness (QED) is 0.910. The molecule has 2 aromatic carbocycles. The number of aliphatic hydroxyl groups excluding tert-OH is 1. The molecule has 0 radical (unpaired) electrons. The van der Waals surface area contributed by atoms with Crippen LogP contribution in [-0.2, 0) is 6.61 Å². The maximum Gasteiger partial charge on any atom is 0.140 e. The number of rotatable bonds is 3. The molecule has 0 saturated heterocycles. The fraction of sp³-hybridized carbons (Fsp3) is 0.0769. The molecule has 0 aromatic heterocycles. The number of halogens is 3. The van der Waals surface area contributed by atoms with Gasteiger partial charge in [0.05, 0.1) is 6.61 Å². The van der Waals surface area contributed by atoms with Crippen LogP contribution in [-0.4, -0.2) is 5.11 Å². The molecule has 0 aliphatic carbocycles. The van der Waals surface area contributed by atoms with Gasteiger partial charge in [-0.25, -0.2) is 8.78 Å². The zero-order valence-electron chi connectivity index (χ0n) is 9.16. The van der Waals surface area contributed by atoms with Crippen molar-refractivity contribution < 1.29 is 13.9 Å². The number of benzene rings is 2. The Morgan fingerprint density at radius 3 is 2.56 bits per heavy atom. The second-order valence-electron chi connectivity index (χ2n) is 3.55. The molecule has 0 aliphatic rings. The predicted molar refractivity (Wildman–Crippen MR) is 67.9 cm³/mol. The third-order valence-corrected chi connectivity index (χ3v) is 3.86. The number of hydrogen-bond donors (Lipinski definition) is 1. The number of aliphatic hydroxyl groups is 1. The Labute approximate surface area is 112 Å². The van der Waals surface area contributed by atoms with Crippen molar-refractivity contribution in [3.63, 3.8) is 0 Å².